The van der Waals surface area contributed by atoms with Gasteiger partial charge in [0.25, 0.3) is 0 Å². The van der Waals surface area contributed by atoms with Gasteiger partial charge in [0.15, 0.2) is 0 Å². The van der Waals surface area contributed by atoms with E-state index in [1.54, 1.807) is 12.1 Å². The van der Waals surface area contributed by atoms with E-state index in [-0.39, 0.29) is 11.9 Å². The van der Waals surface area contributed by atoms with Crippen molar-refractivity contribution in [3.05, 3.63) is 34.1 Å². The molecule has 0 spiro atoms. The quantitative estimate of drug-likeness (QED) is 0.908. The lowest BCUT2D eigenvalue weighted by molar-refractivity contribution is 0.129. The monoisotopic (exact) mass is 328 g/mol. The molecule has 1 heterocycles. The first-order chi connectivity index (χ1) is 9.11. The smallest absolute Gasteiger partial charge is 0.128 e. The average molecular weight is 329 g/mol. The Balaban J connectivity index is 2.10. The summed E-state index contributed by atoms with van der Waals surface area (Å²) < 4.78 is 14.9. The largest absolute Gasteiger partial charge is 0.319 e. The number of likely N-dealkylation sites (tertiary alicyclic amines) is 1. The predicted octanol–water partition coefficient (Wildman–Crippen LogP) is 3.58. The second kappa shape index (κ2) is 6.82. The summed E-state index contributed by atoms with van der Waals surface area (Å²) in [6.07, 6.45) is 2.47. The molecule has 0 amide bonds. The molecule has 2 atom stereocenters. The summed E-state index contributed by atoms with van der Waals surface area (Å²) in [5.74, 6) is 0.572. The van der Waals surface area contributed by atoms with Gasteiger partial charge in [-0.25, -0.2) is 4.39 Å². The van der Waals surface area contributed by atoms with Crippen LogP contribution in [0.3, 0.4) is 0 Å². The van der Waals surface area contributed by atoms with Gasteiger partial charge in [-0.15, -0.1) is 0 Å². The van der Waals surface area contributed by atoms with Crippen LogP contribution in [0.1, 0.15) is 31.4 Å². The molecule has 0 radical (unpaired) electrons. The number of nitrogens with zero attached hydrogens (tertiary/aromatic N) is 1. The summed E-state index contributed by atoms with van der Waals surface area (Å²) in [6, 6.07) is 5.34. The highest BCUT2D eigenvalue weighted by Gasteiger charge is 2.25. The van der Waals surface area contributed by atoms with Crippen LogP contribution in [-0.2, 0) is 0 Å². The Kier molecular flexibility index (Phi) is 5.37. The molecule has 1 aliphatic heterocycles. The van der Waals surface area contributed by atoms with Crippen molar-refractivity contribution >= 4 is 15.9 Å². The van der Waals surface area contributed by atoms with E-state index in [4.69, 9.17) is 0 Å². The van der Waals surface area contributed by atoms with Crippen molar-refractivity contribution in [2.45, 2.75) is 25.8 Å². The molecule has 2 rings (SSSR count). The molecule has 0 aliphatic carbocycles. The number of hydrogen-bond donors (Lipinski definition) is 1. The molecule has 1 aromatic rings. The third kappa shape index (κ3) is 3.77. The third-order valence-electron chi connectivity index (χ3n) is 4.00. The van der Waals surface area contributed by atoms with Gasteiger partial charge >= 0.3 is 0 Å². The van der Waals surface area contributed by atoms with Gasteiger partial charge in [0, 0.05) is 22.6 Å². The minimum Gasteiger partial charge on any atom is -0.319 e. The fourth-order valence-electron chi connectivity index (χ4n) is 2.94. The summed E-state index contributed by atoms with van der Waals surface area (Å²) >= 11 is 3.43. The van der Waals surface area contributed by atoms with Crippen LogP contribution < -0.4 is 5.32 Å². The van der Waals surface area contributed by atoms with Crippen LogP contribution in [0.5, 0.6) is 0 Å². The highest BCUT2D eigenvalue weighted by molar-refractivity contribution is 9.10. The van der Waals surface area contributed by atoms with Gasteiger partial charge in [-0.3, -0.25) is 4.90 Å². The summed E-state index contributed by atoms with van der Waals surface area (Å²) in [7, 11) is 2.00. The van der Waals surface area contributed by atoms with Crippen LogP contribution in [0.4, 0.5) is 4.39 Å². The zero-order valence-electron chi connectivity index (χ0n) is 11.6. The molecule has 19 heavy (non-hydrogen) atoms. The van der Waals surface area contributed by atoms with E-state index in [0.29, 0.717) is 5.92 Å². The summed E-state index contributed by atoms with van der Waals surface area (Å²) in [5, 5.41) is 3.25. The van der Waals surface area contributed by atoms with E-state index in [1.807, 2.05) is 13.1 Å². The normalized spacial score (nSPS) is 22.4. The maximum atomic E-state index is 14.0. The van der Waals surface area contributed by atoms with E-state index in [1.165, 1.54) is 12.8 Å². The molecule has 4 heteroatoms. The molecule has 1 aliphatic rings. The average Bonchev–Trinajstić information content (AvgIpc) is 2.41. The van der Waals surface area contributed by atoms with Crippen molar-refractivity contribution in [1.82, 2.24) is 10.2 Å². The van der Waals surface area contributed by atoms with Gasteiger partial charge in [-0.05, 0) is 64.0 Å². The molecule has 106 valence electrons. The van der Waals surface area contributed by atoms with Gasteiger partial charge in [-0.1, -0.05) is 15.9 Å². The van der Waals surface area contributed by atoms with Gasteiger partial charge in [0.05, 0.1) is 0 Å². The van der Waals surface area contributed by atoms with E-state index in [0.717, 1.165) is 29.7 Å². The lowest BCUT2D eigenvalue weighted by atomic mass is 9.95. The van der Waals surface area contributed by atoms with Crippen LogP contribution in [0, 0.1) is 11.7 Å². The van der Waals surface area contributed by atoms with E-state index >= 15 is 0 Å². The van der Waals surface area contributed by atoms with Gasteiger partial charge in [-0.2, -0.15) is 0 Å². The second-order valence-electron chi connectivity index (χ2n) is 5.40. The minimum atomic E-state index is -0.105. The first kappa shape index (κ1) is 14.9. The number of piperidine rings is 1. The van der Waals surface area contributed by atoms with Crippen molar-refractivity contribution in [3.8, 4) is 0 Å². The number of rotatable bonds is 4. The Labute approximate surface area is 123 Å². The van der Waals surface area contributed by atoms with E-state index < -0.39 is 0 Å². The maximum absolute atomic E-state index is 14.0. The lowest BCUT2D eigenvalue weighted by Crippen LogP contribution is -2.40. The Morgan fingerprint density at radius 2 is 2.32 bits per heavy atom. The van der Waals surface area contributed by atoms with Crippen molar-refractivity contribution in [1.29, 1.82) is 0 Å². The summed E-state index contributed by atoms with van der Waals surface area (Å²) in [6.45, 7) is 5.26. The Hall–Kier alpha value is -0.450. The highest BCUT2D eigenvalue weighted by Crippen LogP contribution is 2.29. The molecule has 1 fully saturated rings. The number of benzene rings is 1. The molecule has 2 unspecified atom stereocenters. The minimum absolute atomic E-state index is 0.105. The third-order valence-corrected chi connectivity index (χ3v) is 4.49. The zero-order chi connectivity index (χ0) is 13.8. The molecule has 0 aromatic heterocycles. The Bertz CT molecular complexity index is 423. The Morgan fingerprint density at radius 1 is 1.53 bits per heavy atom. The van der Waals surface area contributed by atoms with Crippen LogP contribution in [-0.4, -0.2) is 31.6 Å². The number of hydrogen-bond acceptors (Lipinski definition) is 2. The number of halogens is 2. The van der Waals surface area contributed by atoms with Crippen molar-refractivity contribution < 1.29 is 4.39 Å². The Morgan fingerprint density at radius 3 is 3.05 bits per heavy atom. The molecule has 0 saturated carbocycles. The molecular weight excluding hydrogens is 307 g/mol. The summed E-state index contributed by atoms with van der Waals surface area (Å²) in [4.78, 5) is 2.40. The van der Waals surface area contributed by atoms with E-state index in [2.05, 4.69) is 33.1 Å². The van der Waals surface area contributed by atoms with Gasteiger partial charge < -0.3 is 5.32 Å². The molecule has 1 aromatic carbocycles. The fourth-order valence-corrected chi connectivity index (χ4v) is 3.31. The fraction of sp³-hybridized carbons (Fsp3) is 0.600. The van der Waals surface area contributed by atoms with Crippen LogP contribution in [0.2, 0.25) is 0 Å². The van der Waals surface area contributed by atoms with Crippen LogP contribution >= 0.6 is 15.9 Å². The van der Waals surface area contributed by atoms with Gasteiger partial charge in [0.1, 0.15) is 5.82 Å². The van der Waals surface area contributed by atoms with Crippen molar-refractivity contribution in [2.24, 2.45) is 5.92 Å². The standard InChI is InChI=1S/C15H22BrFN2/c1-11(14-8-13(16)5-6-15(14)17)19-7-3-4-12(10-19)9-18-2/h5-6,8,11-12,18H,3-4,7,9-10H2,1-2H3. The number of nitrogens with one attached hydrogen (secondary N) is 1. The van der Waals surface area contributed by atoms with Crippen LogP contribution in [0.25, 0.3) is 0 Å². The first-order valence-corrected chi connectivity index (χ1v) is 7.74. The lowest BCUT2D eigenvalue weighted by Gasteiger charge is -2.37. The highest BCUT2D eigenvalue weighted by atomic mass is 79.9. The maximum Gasteiger partial charge on any atom is 0.128 e. The molecular formula is C15H22BrFN2. The molecule has 0 bridgehead atoms. The molecule has 1 saturated heterocycles. The predicted molar refractivity (Wildman–Crippen MR) is 80.7 cm³/mol. The topological polar surface area (TPSA) is 15.3 Å². The SMILES string of the molecule is CNCC1CCCN(C(C)c2cc(Br)ccc2F)C1. The first-order valence-electron chi connectivity index (χ1n) is 6.95. The van der Waals surface area contributed by atoms with Crippen LogP contribution in [0.15, 0.2) is 22.7 Å². The molecule has 1 N–H and O–H groups in total. The van der Waals surface area contributed by atoms with E-state index in [9.17, 15) is 4.39 Å². The second-order valence-corrected chi connectivity index (χ2v) is 6.32. The summed E-state index contributed by atoms with van der Waals surface area (Å²) in [5.41, 5.74) is 0.791. The molecule has 2 nitrogen and oxygen atoms in total. The van der Waals surface area contributed by atoms with Crippen molar-refractivity contribution in [2.75, 3.05) is 26.7 Å². The zero-order valence-corrected chi connectivity index (χ0v) is 13.2. The van der Waals surface area contributed by atoms with Crippen molar-refractivity contribution in [3.63, 3.8) is 0 Å². The van der Waals surface area contributed by atoms with Gasteiger partial charge in [0.2, 0.25) is 0 Å².